The highest BCUT2D eigenvalue weighted by atomic mass is 35.5. The number of hydrogen-bond acceptors (Lipinski definition) is 3. The molecule has 0 fully saturated rings. The third-order valence-corrected chi connectivity index (χ3v) is 5.19. The molecular weight excluding hydrogens is 282 g/mol. The molecule has 4 heteroatoms. The molecule has 2 aromatic carbocycles. The van der Waals surface area contributed by atoms with Crippen LogP contribution >= 0.6 is 35.1 Å². The van der Waals surface area contributed by atoms with Crippen molar-refractivity contribution in [2.45, 2.75) is 9.79 Å². The molecule has 0 unspecified atom stereocenters. The van der Waals surface area contributed by atoms with Crippen LogP contribution in [0.1, 0.15) is 0 Å². The van der Waals surface area contributed by atoms with Crippen molar-refractivity contribution < 1.29 is 0 Å². The van der Waals surface area contributed by atoms with Crippen molar-refractivity contribution in [1.29, 1.82) is 0 Å². The van der Waals surface area contributed by atoms with Gasteiger partial charge in [0.1, 0.15) is 0 Å². The van der Waals surface area contributed by atoms with Crippen LogP contribution in [0.2, 0.25) is 5.02 Å². The van der Waals surface area contributed by atoms with Crippen LogP contribution in [0.5, 0.6) is 0 Å². The number of hydrogen-bond donors (Lipinski definition) is 1. The molecule has 0 aliphatic heterocycles. The van der Waals surface area contributed by atoms with Gasteiger partial charge in [0.25, 0.3) is 0 Å². The zero-order valence-corrected chi connectivity index (χ0v) is 12.2. The quantitative estimate of drug-likeness (QED) is 0.487. The lowest BCUT2D eigenvalue weighted by atomic mass is 10.3. The fourth-order valence-electron chi connectivity index (χ4n) is 1.50. The summed E-state index contributed by atoms with van der Waals surface area (Å²) >= 11 is 9.68. The first kappa shape index (κ1) is 13.7. The number of anilines is 1. The Balaban J connectivity index is 1.82. The van der Waals surface area contributed by atoms with Crippen molar-refractivity contribution in [1.82, 2.24) is 0 Å². The molecule has 2 rings (SSSR count). The van der Waals surface area contributed by atoms with Crippen molar-refractivity contribution >= 4 is 40.8 Å². The minimum absolute atomic E-state index is 0.740. The lowest BCUT2D eigenvalue weighted by Gasteiger charge is -2.07. The molecule has 0 atom stereocenters. The molecule has 18 heavy (non-hydrogen) atoms. The van der Waals surface area contributed by atoms with E-state index < -0.39 is 0 Å². The molecule has 0 heterocycles. The summed E-state index contributed by atoms with van der Waals surface area (Å²) in [5.74, 6) is 2.03. The van der Waals surface area contributed by atoms with Crippen molar-refractivity contribution in [3.63, 3.8) is 0 Å². The SMILES string of the molecule is Nc1cccc(Cl)c1SCCSc1ccccc1. The Bertz CT molecular complexity index is 482. The minimum atomic E-state index is 0.740. The molecule has 0 aliphatic carbocycles. The van der Waals surface area contributed by atoms with Gasteiger partial charge in [0.2, 0.25) is 0 Å². The predicted molar refractivity (Wildman–Crippen MR) is 83.8 cm³/mol. The average Bonchev–Trinajstić information content (AvgIpc) is 2.38. The van der Waals surface area contributed by atoms with Crippen LogP contribution in [0.15, 0.2) is 58.3 Å². The van der Waals surface area contributed by atoms with Crippen LogP contribution in [-0.2, 0) is 0 Å². The van der Waals surface area contributed by atoms with Gasteiger partial charge in [0.15, 0.2) is 0 Å². The van der Waals surface area contributed by atoms with Gasteiger partial charge in [-0.3, -0.25) is 0 Å². The van der Waals surface area contributed by atoms with Crippen molar-refractivity contribution in [3.8, 4) is 0 Å². The molecule has 94 valence electrons. The van der Waals surface area contributed by atoms with E-state index in [1.54, 1.807) is 11.8 Å². The highest BCUT2D eigenvalue weighted by Gasteiger charge is 2.04. The summed E-state index contributed by atoms with van der Waals surface area (Å²) in [6.45, 7) is 0. The number of benzene rings is 2. The first-order chi connectivity index (χ1) is 8.77. The summed E-state index contributed by atoms with van der Waals surface area (Å²) in [5.41, 5.74) is 6.66. The van der Waals surface area contributed by atoms with E-state index in [1.807, 2.05) is 36.0 Å². The van der Waals surface area contributed by atoms with E-state index in [-0.39, 0.29) is 0 Å². The van der Waals surface area contributed by atoms with Gasteiger partial charge in [0.05, 0.1) is 5.02 Å². The Morgan fingerprint density at radius 3 is 2.33 bits per heavy atom. The molecule has 2 N–H and O–H groups in total. The number of rotatable bonds is 5. The summed E-state index contributed by atoms with van der Waals surface area (Å²) in [6.07, 6.45) is 0. The lowest BCUT2D eigenvalue weighted by molar-refractivity contribution is 1.41. The van der Waals surface area contributed by atoms with Gasteiger partial charge in [-0.2, -0.15) is 0 Å². The highest BCUT2D eigenvalue weighted by molar-refractivity contribution is 8.03. The molecule has 0 amide bonds. The Kier molecular flexibility index (Phi) is 5.29. The maximum Gasteiger partial charge on any atom is 0.0562 e. The summed E-state index contributed by atoms with van der Waals surface area (Å²) in [4.78, 5) is 2.29. The molecule has 0 aromatic heterocycles. The van der Waals surface area contributed by atoms with Crippen LogP contribution in [-0.4, -0.2) is 11.5 Å². The standard InChI is InChI=1S/C14H14ClNS2/c15-12-7-4-8-13(16)14(12)18-10-9-17-11-5-2-1-3-6-11/h1-8H,9-10,16H2. The Labute approximate surface area is 121 Å². The smallest absolute Gasteiger partial charge is 0.0562 e. The fourth-order valence-corrected chi connectivity index (χ4v) is 3.74. The topological polar surface area (TPSA) is 26.0 Å². The summed E-state index contributed by atoms with van der Waals surface area (Å²) in [5, 5.41) is 0.740. The number of nitrogens with two attached hydrogens (primary N) is 1. The zero-order chi connectivity index (χ0) is 12.8. The molecule has 0 radical (unpaired) electrons. The summed E-state index contributed by atoms with van der Waals surface area (Å²) in [6, 6.07) is 16.0. The van der Waals surface area contributed by atoms with E-state index in [4.69, 9.17) is 17.3 Å². The van der Waals surface area contributed by atoms with Gasteiger partial charge < -0.3 is 5.73 Å². The van der Waals surface area contributed by atoms with Gasteiger partial charge in [-0.25, -0.2) is 0 Å². The molecular formula is C14H14ClNS2. The van der Waals surface area contributed by atoms with Crippen LogP contribution in [0.25, 0.3) is 0 Å². The second-order valence-corrected chi connectivity index (χ2v) is 6.35. The second-order valence-electron chi connectivity index (χ2n) is 3.67. The van der Waals surface area contributed by atoms with E-state index in [1.165, 1.54) is 4.90 Å². The largest absolute Gasteiger partial charge is 0.398 e. The fraction of sp³-hybridized carbons (Fsp3) is 0.143. The minimum Gasteiger partial charge on any atom is -0.398 e. The third kappa shape index (κ3) is 3.87. The molecule has 2 aromatic rings. The molecule has 0 aliphatic rings. The molecule has 0 saturated carbocycles. The van der Waals surface area contributed by atoms with Crippen LogP contribution in [0.3, 0.4) is 0 Å². The van der Waals surface area contributed by atoms with E-state index in [0.717, 1.165) is 27.1 Å². The van der Waals surface area contributed by atoms with E-state index in [2.05, 4.69) is 24.3 Å². The lowest BCUT2D eigenvalue weighted by Crippen LogP contribution is -1.91. The van der Waals surface area contributed by atoms with E-state index in [0.29, 0.717) is 0 Å². The normalized spacial score (nSPS) is 10.5. The van der Waals surface area contributed by atoms with Crippen LogP contribution in [0.4, 0.5) is 5.69 Å². The number of nitrogen functional groups attached to an aromatic ring is 1. The van der Waals surface area contributed by atoms with Crippen molar-refractivity contribution in [2.75, 3.05) is 17.2 Å². The monoisotopic (exact) mass is 295 g/mol. The molecule has 0 bridgehead atoms. The molecule has 1 nitrogen and oxygen atoms in total. The van der Waals surface area contributed by atoms with Crippen LogP contribution in [0, 0.1) is 0 Å². The first-order valence-electron chi connectivity index (χ1n) is 5.62. The van der Waals surface area contributed by atoms with Gasteiger partial charge >= 0.3 is 0 Å². The Morgan fingerprint density at radius 2 is 1.61 bits per heavy atom. The zero-order valence-electron chi connectivity index (χ0n) is 9.80. The van der Waals surface area contributed by atoms with Gasteiger partial charge in [-0.15, -0.1) is 23.5 Å². The van der Waals surface area contributed by atoms with Gasteiger partial charge in [0, 0.05) is 27.0 Å². The maximum atomic E-state index is 6.12. The molecule has 0 spiro atoms. The summed E-state index contributed by atoms with van der Waals surface area (Å²) < 4.78 is 0. The third-order valence-electron chi connectivity index (χ3n) is 2.34. The number of halogens is 1. The van der Waals surface area contributed by atoms with Gasteiger partial charge in [-0.05, 0) is 24.3 Å². The molecule has 0 saturated heterocycles. The van der Waals surface area contributed by atoms with Gasteiger partial charge in [-0.1, -0.05) is 35.9 Å². The Morgan fingerprint density at radius 1 is 0.889 bits per heavy atom. The van der Waals surface area contributed by atoms with Crippen molar-refractivity contribution in [2.24, 2.45) is 0 Å². The highest BCUT2D eigenvalue weighted by Crippen LogP contribution is 2.33. The van der Waals surface area contributed by atoms with Crippen molar-refractivity contribution in [3.05, 3.63) is 53.6 Å². The first-order valence-corrected chi connectivity index (χ1v) is 7.97. The number of thioether (sulfide) groups is 2. The second kappa shape index (κ2) is 6.98. The average molecular weight is 296 g/mol. The van der Waals surface area contributed by atoms with Crippen LogP contribution < -0.4 is 5.73 Å². The Hall–Kier alpha value is -0.770. The maximum absolute atomic E-state index is 6.12. The summed E-state index contributed by atoms with van der Waals surface area (Å²) in [7, 11) is 0. The van der Waals surface area contributed by atoms with E-state index >= 15 is 0 Å². The predicted octanol–water partition coefficient (Wildman–Crippen LogP) is 4.81. The van der Waals surface area contributed by atoms with E-state index in [9.17, 15) is 0 Å².